The average molecular weight is 334 g/mol. The Kier molecular flexibility index (Phi) is 3.89. The van der Waals surface area contributed by atoms with Crippen molar-refractivity contribution < 1.29 is 17.6 Å². The molecule has 1 unspecified atom stereocenters. The standard InChI is InChI=1S/C13H11BrF3NO/c1-8(12-3-2-6-19-12)18-11-5-4-9(7-10(11)14)13(15,16)17/h2-8,18H,1H3. The molecular weight excluding hydrogens is 323 g/mol. The van der Waals surface area contributed by atoms with Gasteiger partial charge in [0.25, 0.3) is 0 Å². The summed E-state index contributed by atoms with van der Waals surface area (Å²) in [5, 5.41) is 3.08. The third-order valence-electron chi connectivity index (χ3n) is 2.64. The monoisotopic (exact) mass is 333 g/mol. The molecule has 0 spiro atoms. The lowest BCUT2D eigenvalue weighted by atomic mass is 10.2. The van der Waals surface area contributed by atoms with Crippen molar-refractivity contribution in [3.63, 3.8) is 0 Å². The molecule has 0 saturated heterocycles. The third kappa shape index (κ3) is 3.32. The fourth-order valence-electron chi connectivity index (χ4n) is 1.65. The molecule has 1 aromatic carbocycles. The quantitative estimate of drug-likeness (QED) is 0.831. The summed E-state index contributed by atoms with van der Waals surface area (Å²) < 4.78 is 43.2. The first-order valence-electron chi connectivity index (χ1n) is 5.54. The van der Waals surface area contributed by atoms with Crippen LogP contribution in [0.15, 0.2) is 45.5 Å². The molecule has 2 aromatic rings. The van der Waals surface area contributed by atoms with E-state index < -0.39 is 11.7 Å². The minimum absolute atomic E-state index is 0.136. The topological polar surface area (TPSA) is 25.2 Å². The van der Waals surface area contributed by atoms with Gasteiger partial charge in [0.2, 0.25) is 0 Å². The number of hydrogen-bond acceptors (Lipinski definition) is 2. The molecule has 0 aliphatic heterocycles. The van der Waals surface area contributed by atoms with Crippen molar-refractivity contribution in [3.8, 4) is 0 Å². The van der Waals surface area contributed by atoms with E-state index in [0.717, 1.165) is 12.1 Å². The van der Waals surface area contributed by atoms with E-state index in [1.807, 2.05) is 6.92 Å². The number of nitrogens with one attached hydrogen (secondary N) is 1. The van der Waals surface area contributed by atoms with Crippen LogP contribution in [0.25, 0.3) is 0 Å². The Balaban J connectivity index is 2.18. The zero-order valence-corrected chi connectivity index (χ0v) is 11.5. The Morgan fingerprint density at radius 1 is 1.26 bits per heavy atom. The lowest BCUT2D eigenvalue weighted by Crippen LogP contribution is -2.08. The summed E-state index contributed by atoms with van der Waals surface area (Å²) in [4.78, 5) is 0. The molecule has 0 aliphatic rings. The Bertz CT molecular complexity index is 552. The van der Waals surface area contributed by atoms with Crippen molar-refractivity contribution >= 4 is 21.6 Å². The van der Waals surface area contributed by atoms with Gasteiger partial charge in [0.1, 0.15) is 5.76 Å². The summed E-state index contributed by atoms with van der Waals surface area (Å²) in [5.74, 6) is 0.715. The highest BCUT2D eigenvalue weighted by molar-refractivity contribution is 9.10. The number of anilines is 1. The lowest BCUT2D eigenvalue weighted by molar-refractivity contribution is -0.137. The van der Waals surface area contributed by atoms with Gasteiger partial charge in [-0.2, -0.15) is 13.2 Å². The molecule has 0 saturated carbocycles. The average Bonchev–Trinajstić information content (AvgIpc) is 2.84. The molecule has 1 heterocycles. The van der Waals surface area contributed by atoms with Crippen LogP contribution >= 0.6 is 15.9 Å². The fourth-order valence-corrected chi connectivity index (χ4v) is 2.14. The molecule has 1 N–H and O–H groups in total. The zero-order valence-electron chi connectivity index (χ0n) is 9.96. The smallest absolute Gasteiger partial charge is 0.416 e. The van der Waals surface area contributed by atoms with Gasteiger partial charge in [0.05, 0.1) is 17.9 Å². The first-order chi connectivity index (χ1) is 8.88. The highest BCUT2D eigenvalue weighted by atomic mass is 79.9. The van der Waals surface area contributed by atoms with E-state index in [9.17, 15) is 13.2 Å². The first-order valence-corrected chi connectivity index (χ1v) is 6.34. The van der Waals surface area contributed by atoms with E-state index in [0.29, 0.717) is 15.9 Å². The van der Waals surface area contributed by atoms with Crippen molar-refractivity contribution in [2.75, 3.05) is 5.32 Å². The summed E-state index contributed by atoms with van der Waals surface area (Å²) in [6.07, 6.45) is -2.79. The number of alkyl halides is 3. The first kappa shape index (κ1) is 14.0. The molecule has 2 rings (SSSR count). The van der Waals surface area contributed by atoms with Crippen molar-refractivity contribution in [3.05, 3.63) is 52.4 Å². The molecule has 19 heavy (non-hydrogen) atoms. The normalized spacial score (nSPS) is 13.3. The highest BCUT2D eigenvalue weighted by Crippen LogP contribution is 2.35. The van der Waals surface area contributed by atoms with Crippen molar-refractivity contribution in [1.29, 1.82) is 0 Å². The fraction of sp³-hybridized carbons (Fsp3) is 0.231. The summed E-state index contributed by atoms with van der Waals surface area (Å²) in [7, 11) is 0. The minimum Gasteiger partial charge on any atom is -0.467 e. The second-order valence-corrected chi connectivity index (χ2v) is 4.93. The van der Waals surface area contributed by atoms with Gasteiger partial charge in [0.15, 0.2) is 0 Å². The Morgan fingerprint density at radius 2 is 2.00 bits per heavy atom. The number of hydrogen-bond donors (Lipinski definition) is 1. The molecule has 1 aromatic heterocycles. The van der Waals surface area contributed by atoms with Gasteiger partial charge in [-0.05, 0) is 53.2 Å². The van der Waals surface area contributed by atoms with E-state index in [1.165, 1.54) is 6.07 Å². The SMILES string of the molecule is CC(Nc1ccc(C(F)(F)F)cc1Br)c1ccco1. The maximum Gasteiger partial charge on any atom is 0.416 e. The van der Waals surface area contributed by atoms with Crippen LogP contribution in [0, 0.1) is 0 Å². The van der Waals surface area contributed by atoms with Crippen LogP contribution in [0.3, 0.4) is 0 Å². The third-order valence-corrected chi connectivity index (χ3v) is 3.29. The summed E-state index contributed by atoms with van der Waals surface area (Å²) in [5.41, 5.74) is -0.104. The van der Waals surface area contributed by atoms with Gasteiger partial charge in [0, 0.05) is 10.2 Å². The summed E-state index contributed by atoms with van der Waals surface area (Å²) in [6.45, 7) is 1.86. The van der Waals surface area contributed by atoms with Crippen LogP contribution in [0.1, 0.15) is 24.3 Å². The second kappa shape index (κ2) is 5.28. The summed E-state index contributed by atoms with van der Waals surface area (Å²) in [6, 6.07) is 6.92. The highest BCUT2D eigenvalue weighted by Gasteiger charge is 2.30. The largest absolute Gasteiger partial charge is 0.467 e. The van der Waals surface area contributed by atoms with Crippen molar-refractivity contribution in [2.45, 2.75) is 19.1 Å². The molecule has 0 radical (unpaired) electrons. The number of halogens is 4. The molecular formula is C13H11BrF3NO. The minimum atomic E-state index is -4.34. The molecule has 0 fully saturated rings. The number of benzene rings is 1. The molecule has 1 atom stereocenters. The molecule has 102 valence electrons. The van der Waals surface area contributed by atoms with Crippen LogP contribution in [-0.2, 0) is 6.18 Å². The molecule has 2 nitrogen and oxygen atoms in total. The van der Waals surface area contributed by atoms with Gasteiger partial charge >= 0.3 is 6.18 Å². The molecule has 6 heteroatoms. The molecule has 0 bridgehead atoms. The van der Waals surface area contributed by atoms with Crippen LogP contribution in [0.4, 0.5) is 18.9 Å². The van der Waals surface area contributed by atoms with Gasteiger partial charge in [-0.25, -0.2) is 0 Å². The van der Waals surface area contributed by atoms with Gasteiger partial charge in [-0.1, -0.05) is 0 Å². The predicted molar refractivity (Wildman–Crippen MR) is 69.9 cm³/mol. The lowest BCUT2D eigenvalue weighted by Gasteiger charge is -2.15. The van der Waals surface area contributed by atoms with Crippen LogP contribution in [0.5, 0.6) is 0 Å². The van der Waals surface area contributed by atoms with Crippen molar-refractivity contribution in [1.82, 2.24) is 0 Å². The maximum absolute atomic E-state index is 12.5. The van der Waals surface area contributed by atoms with E-state index >= 15 is 0 Å². The van der Waals surface area contributed by atoms with Gasteiger partial charge < -0.3 is 9.73 Å². The van der Waals surface area contributed by atoms with Crippen LogP contribution < -0.4 is 5.32 Å². The van der Waals surface area contributed by atoms with Crippen molar-refractivity contribution in [2.24, 2.45) is 0 Å². The Labute approximate surface area is 116 Å². The number of rotatable bonds is 3. The zero-order chi connectivity index (χ0) is 14.0. The molecule has 0 aliphatic carbocycles. The predicted octanol–water partition coefficient (Wildman–Crippen LogP) is 5.23. The van der Waals surface area contributed by atoms with Gasteiger partial charge in [-0.15, -0.1) is 0 Å². The second-order valence-electron chi connectivity index (χ2n) is 4.07. The Hall–Kier alpha value is -1.43. The van der Waals surface area contributed by atoms with E-state index in [1.54, 1.807) is 18.4 Å². The van der Waals surface area contributed by atoms with Crippen LogP contribution in [-0.4, -0.2) is 0 Å². The maximum atomic E-state index is 12.5. The van der Waals surface area contributed by atoms with E-state index in [4.69, 9.17) is 4.42 Å². The van der Waals surface area contributed by atoms with Gasteiger partial charge in [-0.3, -0.25) is 0 Å². The molecule has 0 amide bonds. The van der Waals surface area contributed by atoms with Crippen LogP contribution in [0.2, 0.25) is 0 Å². The van der Waals surface area contributed by atoms with E-state index in [-0.39, 0.29) is 6.04 Å². The van der Waals surface area contributed by atoms with E-state index in [2.05, 4.69) is 21.2 Å². The number of furan rings is 1. The Morgan fingerprint density at radius 3 is 2.53 bits per heavy atom. The summed E-state index contributed by atoms with van der Waals surface area (Å²) >= 11 is 3.14.